The minimum absolute atomic E-state index is 0.0857. The van der Waals surface area contributed by atoms with E-state index in [-0.39, 0.29) is 31.1 Å². The fraction of sp³-hybridized carbons (Fsp3) is 0.712. The van der Waals surface area contributed by atoms with Gasteiger partial charge in [-0.05, 0) is 116 Å². The molecule has 6 nitrogen and oxygen atoms in total. The summed E-state index contributed by atoms with van der Waals surface area (Å²) in [5.74, 6) is -0.904. The van der Waals surface area contributed by atoms with Crippen molar-refractivity contribution in [2.75, 3.05) is 13.2 Å². The van der Waals surface area contributed by atoms with Crippen molar-refractivity contribution >= 4 is 17.9 Å². The topological polar surface area (TPSA) is 78.9 Å². The fourth-order valence-corrected chi connectivity index (χ4v) is 8.27. The number of rotatable bonds is 54. The number of esters is 3. The minimum atomic E-state index is -0.787. The van der Waals surface area contributed by atoms with Crippen molar-refractivity contribution in [3.05, 3.63) is 97.2 Å². The van der Waals surface area contributed by atoms with E-state index in [1.165, 1.54) is 128 Å². The van der Waals surface area contributed by atoms with Gasteiger partial charge in [-0.15, -0.1) is 0 Å². The average molecular weight is 1000 g/mol. The van der Waals surface area contributed by atoms with Gasteiger partial charge in [0, 0.05) is 19.3 Å². The van der Waals surface area contributed by atoms with Crippen LogP contribution < -0.4 is 0 Å². The zero-order valence-electron chi connectivity index (χ0n) is 47.2. The van der Waals surface area contributed by atoms with E-state index in [4.69, 9.17) is 14.2 Å². The van der Waals surface area contributed by atoms with E-state index in [0.29, 0.717) is 19.3 Å². The number of unbranched alkanes of at least 4 members (excludes halogenated alkanes) is 27. The molecule has 0 saturated heterocycles. The molecular weight excluding hydrogens is 889 g/mol. The molecule has 0 amide bonds. The van der Waals surface area contributed by atoms with E-state index in [1.54, 1.807) is 0 Å². The smallest absolute Gasteiger partial charge is 0.306 e. The van der Waals surface area contributed by atoms with Gasteiger partial charge in [-0.1, -0.05) is 246 Å². The molecule has 0 N–H and O–H groups in total. The van der Waals surface area contributed by atoms with Crippen LogP contribution in [0.1, 0.15) is 284 Å². The molecule has 0 spiro atoms. The third-order valence-corrected chi connectivity index (χ3v) is 12.8. The Morgan fingerprint density at radius 3 is 0.917 bits per heavy atom. The van der Waals surface area contributed by atoms with Crippen molar-refractivity contribution in [3.63, 3.8) is 0 Å². The zero-order valence-corrected chi connectivity index (χ0v) is 47.2. The molecule has 72 heavy (non-hydrogen) atoms. The molecular formula is C66H112O6. The summed E-state index contributed by atoms with van der Waals surface area (Å²) in [6.07, 6.45) is 79.8. The van der Waals surface area contributed by atoms with Gasteiger partial charge in [0.1, 0.15) is 13.2 Å². The van der Waals surface area contributed by atoms with Gasteiger partial charge in [-0.3, -0.25) is 14.4 Å². The minimum Gasteiger partial charge on any atom is -0.462 e. The molecule has 0 bridgehead atoms. The standard InChI is InChI=1S/C66H112O6/c1-4-7-10-13-16-19-22-24-26-28-29-30-31-32-33-34-35-36-37-39-40-42-44-47-50-53-56-59-65(68)71-62-63(61-70-64(67)58-55-52-49-46-21-18-15-12-9-6-3)72-66(69)60-57-54-51-48-45-43-41-38-27-25-23-20-17-14-11-8-5-2/h7,10,12,15-16,19,24-27,29-30,32-33,35-36,63H,4-6,8-9,11,13-14,17-18,20-23,28,31,34,37-62H2,1-3H3/b10-7-,15-12-,19-16-,26-24-,27-25-,30-29-,33-32-,36-35-. The normalized spacial score (nSPS) is 12.8. The maximum atomic E-state index is 12.9. The van der Waals surface area contributed by atoms with Crippen LogP contribution >= 0.6 is 0 Å². The van der Waals surface area contributed by atoms with E-state index >= 15 is 0 Å². The van der Waals surface area contributed by atoms with Crippen LogP contribution in [0.5, 0.6) is 0 Å². The number of carbonyl (C=O) groups excluding carboxylic acids is 3. The van der Waals surface area contributed by atoms with E-state index in [0.717, 1.165) is 116 Å². The van der Waals surface area contributed by atoms with Gasteiger partial charge in [0.2, 0.25) is 0 Å². The first-order chi connectivity index (χ1) is 35.5. The number of carbonyl (C=O) groups is 3. The first-order valence-corrected chi connectivity index (χ1v) is 30.2. The van der Waals surface area contributed by atoms with E-state index in [2.05, 4.69) is 118 Å². The predicted molar refractivity (Wildman–Crippen MR) is 311 cm³/mol. The van der Waals surface area contributed by atoms with Crippen molar-refractivity contribution in [2.45, 2.75) is 290 Å². The number of allylic oxidation sites excluding steroid dienone is 16. The number of hydrogen-bond acceptors (Lipinski definition) is 6. The first-order valence-electron chi connectivity index (χ1n) is 30.2. The maximum absolute atomic E-state index is 12.9. The molecule has 0 fully saturated rings. The van der Waals surface area contributed by atoms with Gasteiger partial charge in [-0.2, -0.15) is 0 Å². The van der Waals surface area contributed by atoms with E-state index < -0.39 is 6.10 Å². The number of hydrogen-bond donors (Lipinski definition) is 0. The third kappa shape index (κ3) is 57.2. The highest BCUT2D eigenvalue weighted by Gasteiger charge is 2.19. The molecule has 0 aromatic heterocycles. The average Bonchev–Trinajstić information content (AvgIpc) is 3.38. The summed E-state index contributed by atoms with van der Waals surface area (Å²) >= 11 is 0. The molecule has 0 saturated carbocycles. The van der Waals surface area contributed by atoms with Crippen molar-refractivity contribution in [1.82, 2.24) is 0 Å². The van der Waals surface area contributed by atoms with Crippen molar-refractivity contribution in [2.24, 2.45) is 0 Å². The third-order valence-electron chi connectivity index (χ3n) is 12.8. The molecule has 0 aromatic carbocycles. The van der Waals surface area contributed by atoms with E-state index in [9.17, 15) is 14.4 Å². The largest absolute Gasteiger partial charge is 0.462 e. The second-order valence-electron chi connectivity index (χ2n) is 19.9. The Morgan fingerprint density at radius 1 is 0.292 bits per heavy atom. The molecule has 0 aliphatic carbocycles. The predicted octanol–water partition coefficient (Wildman–Crippen LogP) is 20.5. The van der Waals surface area contributed by atoms with Crippen molar-refractivity contribution in [1.29, 1.82) is 0 Å². The van der Waals surface area contributed by atoms with Gasteiger partial charge in [0.05, 0.1) is 0 Å². The lowest BCUT2D eigenvalue weighted by Crippen LogP contribution is -2.30. The molecule has 0 aliphatic rings. The lowest BCUT2D eigenvalue weighted by Gasteiger charge is -2.18. The molecule has 0 aromatic rings. The monoisotopic (exact) mass is 1000 g/mol. The summed E-state index contributed by atoms with van der Waals surface area (Å²) in [7, 11) is 0. The zero-order chi connectivity index (χ0) is 52.2. The summed E-state index contributed by atoms with van der Waals surface area (Å²) in [5.41, 5.74) is 0. The fourth-order valence-electron chi connectivity index (χ4n) is 8.27. The Morgan fingerprint density at radius 2 is 0.569 bits per heavy atom. The van der Waals surface area contributed by atoms with Crippen LogP contribution in [0.3, 0.4) is 0 Å². The molecule has 0 rings (SSSR count). The Bertz CT molecular complexity index is 1430. The lowest BCUT2D eigenvalue weighted by molar-refractivity contribution is -0.167. The van der Waals surface area contributed by atoms with Gasteiger partial charge in [0.25, 0.3) is 0 Å². The van der Waals surface area contributed by atoms with Crippen molar-refractivity contribution < 1.29 is 28.6 Å². The highest BCUT2D eigenvalue weighted by molar-refractivity contribution is 5.71. The Kier molecular flexibility index (Phi) is 56.8. The SMILES string of the molecule is CC/C=C\C/C=C\C/C=C\C/C=C\C/C=C\C/C=C\CCCCCCCCCCC(=O)OCC(COC(=O)CCCCCCC/C=C\CCC)OC(=O)CCCCCCCCC/C=C\CCCCCCCC. The molecule has 1 unspecified atom stereocenters. The maximum Gasteiger partial charge on any atom is 0.306 e. The lowest BCUT2D eigenvalue weighted by atomic mass is 10.1. The molecule has 0 aliphatic heterocycles. The van der Waals surface area contributed by atoms with Crippen LogP contribution in [-0.4, -0.2) is 37.2 Å². The van der Waals surface area contributed by atoms with Gasteiger partial charge >= 0.3 is 17.9 Å². The van der Waals surface area contributed by atoms with Crippen LogP contribution in [0.25, 0.3) is 0 Å². The second kappa shape index (κ2) is 59.9. The number of ether oxygens (including phenoxy) is 3. The first kappa shape index (κ1) is 68.3. The Balaban J connectivity index is 4.28. The van der Waals surface area contributed by atoms with Crippen LogP contribution in [0.2, 0.25) is 0 Å². The van der Waals surface area contributed by atoms with Gasteiger partial charge < -0.3 is 14.2 Å². The molecule has 1 atom stereocenters. The molecule has 0 radical (unpaired) electrons. The van der Waals surface area contributed by atoms with Crippen LogP contribution in [-0.2, 0) is 28.6 Å². The van der Waals surface area contributed by atoms with Crippen LogP contribution in [0.15, 0.2) is 97.2 Å². The van der Waals surface area contributed by atoms with Gasteiger partial charge in [0.15, 0.2) is 6.10 Å². The summed E-state index contributed by atoms with van der Waals surface area (Å²) in [5, 5.41) is 0. The Labute approximate surface area is 445 Å². The van der Waals surface area contributed by atoms with Gasteiger partial charge in [-0.25, -0.2) is 0 Å². The molecule has 412 valence electrons. The van der Waals surface area contributed by atoms with Crippen molar-refractivity contribution in [3.8, 4) is 0 Å². The quantitative estimate of drug-likeness (QED) is 0.0261. The highest BCUT2D eigenvalue weighted by Crippen LogP contribution is 2.15. The van der Waals surface area contributed by atoms with Crippen LogP contribution in [0, 0.1) is 0 Å². The van der Waals surface area contributed by atoms with E-state index in [1.807, 2.05) is 0 Å². The summed E-state index contributed by atoms with van der Waals surface area (Å²) in [6.45, 7) is 6.45. The van der Waals surface area contributed by atoms with Crippen LogP contribution in [0.4, 0.5) is 0 Å². The Hall–Kier alpha value is -3.67. The molecule has 6 heteroatoms. The highest BCUT2D eigenvalue weighted by atomic mass is 16.6. The summed E-state index contributed by atoms with van der Waals surface area (Å²) in [4.78, 5) is 38.1. The molecule has 0 heterocycles. The second-order valence-corrected chi connectivity index (χ2v) is 19.9. The summed E-state index contributed by atoms with van der Waals surface area (Å²) < 4.78 is 16.8. The summed E-state index contributed by atoms with van der Waals surface area (Å²) in [6, 6.07) is 0.